The lowest BCUT2D eigenvalue weighted by Gasteiger charge is -2.16. The van der Waals surface area contributed by atoms with Crippen LogP contribution in [0.15, 0.2) is 5.16 Å². The Morgan fingerprint density at radius 1 is 1.50 bits per heavy atom. The number of tetrazole rings is 1. The van der Waals surface area contributed by atoms with E-state index in [2.05, 4.69) is 42.0 Å². The second kappa shape index (κ2) is 5.60. The van der Waals surface area contributed by atoms with Gasteiger partial charge in [0.05, 0.1) is 0 Å². The van der Waals surface area contributed by atoms with Crippen molar-refractivity contribution in [1.29, 1.82) is 0 Å². The second-order valence-corrected chi connectivity index (χ2v) is 4.94. The van der Waals surface area contributed by atoms with Crippen molar-refractivity contribution in [1.82, 2.24) is 20.2 Å². The third kappa shape index (κ3) is 3.16. The van der Waals surface area contributed by atoms with Gasteiger partial charge in [-0.15, -0.1) is 5.10 Å². The van der Waals surface area contributed by atoms with E-state index in [1.165, 1.54) is 0 Å². The van der Waals surface area contributed by atoms with Crippen molar-refractivity contribution in [2.75, 3.05) is 11.5 Å². The van der Waals surface area contributed by atoms with Crippen LogP contribution in [0, 0.1) is 11.8 Å². The van der Waals surface area contributed by atoms with E-state index in [1.807, 2.05) is 7.05 Å². The molecule has 1 unspecified atom stereocenters. The molecule has 1 atom stereocenters. The molecule has 6 heteroatoms. The monoisotopic (exact) mass is 232 g/mol. The SMILES string of the molecule is CC(C)C(CS)CSc1nnnn1C. The van der Waals surface area contributed by atoms with Crippen LogP contribution in [0.4, 0.5) is 0 Å². The van der Waals surface area contributed by atoms with Gasteiger partial charge in [-0.3, -0.25) is 0 Å². The Bertz CT molecular complexity index is 274. The Morgan fingerprint density at radius 2 is 2.21 bits per heavy atom. The molecule has 0 radical (unpaired) electrons. The van der Waals surface area contributed by atoms with Crippen molar-refractivity contribution < 1.29 is 0 Å². The molecule has 0 fully saturated rings. The van der Waals surface area contributed by atoms with E-state index in [0.29, 0.717) is 11.8 Å². The largest absolute Gasteiger partial charge is 0.224 e. The molecular formula is C8H16N4S2. The zero-order valence-electron chi connectivity index (χ0n) is 8.71. The molecule has 0 aliphatic heterocycles. The first-order chi connectivity index (χ1) is 6.65. The van der Waals surface area contributed by atoms with Crippen LogP contribution in [0.25, 0.3) is 0 Å². The number of aromatic nitrogens is 4. The minimum absolute atomic E-state index is 0.611. The molecule has 4 nitrogen and oxygen atoms in total. The first kappa shape index (κ1) is 11.8. The zero-order chi connectivity index (χ0) is 10.6. The van der Waals surface area contributed by atoms with Crippen LogP contribution >= 0.6 is 24.4 Å². The third-order valence-electron chi connectivity index (χ3n) is 2.19. The predicted molar refractivity (Wildman–Crippen MR) is 61.7 cm³/mol. The zero-order valence-corrected chi connectivity index (χ0v) is 10.4. The lowest BCUT2D eigenvalue weighted by molar-refractivity contribution is 0.472. The first-order valence-electron chi connectivity index (χ1n) is 4.61. The molecule has 0 saturated heterocycles. The van der Waals surface area contributed by atoms with E-state index >= 15 is 0 Å². The van der Waals surface area contributed by atoms with Crippen LogP contribution < -0.4 is 0 Å². The average Bonchev–Trinajstić information content (AvgIpc) is 2.52. The van der Waals surface area contributed by atoms with Gasteiger partial charge in [-0.2, -0.15) is 12.6 Å². The highest BCUT2D eigenvalue weighted by molar-refractivity contribution is 7.99. The topological polar surface area (TPSA) is 43.6 Å². The number of aryl methyl sites for hydroxylation is 1. The lowest BCUT2D eigenvalue weighted by Crippen LogP contribution is -2.13. The molecular weight excluding hydrogens is 216 g/mol. The molecule has 80 valence electrons. The van der Waals surface area contributed by atoms with Crippen LogP contribution in [-0.2, 0) is 7.05 Å². The van der Waals surface area contributed by atoms with Gasteiger partial charge in [-0.1, -0.05) is 25.6 Å². The van der Waals surface area contributed by atoms with Crippen molar-refractivity contribution >= 4 is 24.4 Å². The van der Waals surface area contributed by atoms with Gasteiger partial charge in [-0.05, 0) is 28.0 Å². The summed E-state index contributed by atoms with van der Waals surface area (Å²) in [6.45, 7) is 4.44. The van der Waals surface area contributed by atoms with Gasteiger partial charge in [0.1, 0.15) is 0 Å². The summed E-state index contributed by atoms with van der Waals surface area (Å²) < 4.78 is 1.70. The van der Waals surface area contributed by atoms with E-state index < -0.39 is 0 Å². The van der Waals surface area contributed by atoms with E-state index in [1.54, 1.807) is 16.4 Å². The summed E-state index contributed by atoms with van der Waals surface area (Å²) in [7, 11) is 1.85. The molecule has 0 N–H and O–H groups in total. The highest BCUT2D eigenvalue weighted by Gasteiger charge is 2.13. The maximum Gasteiger partial charge on any atom is 0.209 e. The quantitative estimate of drug-likeness (QED) is 0.617. The van der Waals surface area contributed by atoms with Crippen LogP contribution in [0.1, 0.15) is 13.8 Å². The molecule has 0 saturated carbocycles. The maximum atomic E-state index is 4.34. The van der Waals surface area contributed by atoms with Gasteiger partial charge in [0.25, 0.3) is 0 Å². The van der Waals surface area contributed by atoms with E-state index in [0.717, 1.165) is 16.7 Å². The highest BCUT2D eigenvalue weighted by atomic mass is 32.2. The fourth-order valence-electron chi connectivity index (χ4n) is 0.981. The van der Waals surface area contributed by atoms with Gasteiger partial charge in [0.15, 0.2) is 0 Å². The number of thioether (sulfide) groups is 1. The van der Waals surface area contributed by atoms with Crippen molar-refractivity contribution in [2.45, 2.75) is 19.0 Å². The molecule has 14 heavy (non-hydrogen) atoms. The standard InChI is InChI=1S/C8H16N4S2/c1-6(2)7(4-13)5-14-8-9-10-11-12(8)3/h6-7,13H,4-5H2,1-3H3. The Labute approximate surface area is 94.2 Å². The van der Waals surface area contributed by atoms with Crippen molar-refractivity contribution in [2.24, 2.45) is 18.9 Å². The number of hydrogen-bond acceptors (Lipinski definition) is 5. The molecule has 0 aromatic carbocycles. The van der Waals surface area contributed by atoms with Crippen molar-refractivity contribution in [3.05, 3.63) is 0 Å². The molecule has 0 aliphatic carbocycles. The highest BCUT2D eigenvalue weighted by Crippen LogP contribution is 2.22. The Hall–Kier alpha value is -0.230. The minimum Gasteiger partial charge on any atom is -0.224 e. The van der Waals surface area contributed by atoms with Gasteiger partial charge >= 0.3 is 0 Å². The molecule has 0 spiro atoms. The summed E-state index contributed by atoms with van der Waals surface area (Å²) in [4.78, 5) is 0. The summed E-state index contributed by atoms with van der Waals surface area (Å²) in [5.74, 6) is 3.20. The fourth-order valence-corrected chi connectivity index (χ4v) is 2.89. The third-order valence-corrected chi connectivity index (χ3v) is 3.85. The smallest absolute Gasteiger partial charge is 0.209 e. The average molecular weight is 232 g/mol. The Kier molecular flexibility index (Phi) is 4.74. The summed E-state index contributed by atoms with van der Waals surface area (Å²) in [5.41, 5.74) is 0. The number of hydrogen-bond donors (Lipinski definition) is 1. The number of rotatable bonds is 5. The Balaban J connectivity index is 2.43. The molecule has 0 bridgehead atoms. The maximum absolute atomic E-state index is 4.34. The molecule has 0 amide bonds. The lowest BCUT2D eigenvalue weighted by atomic mass is 10.0. The van der Waals surface area contributed by atoms with E-state index in [4.69, 9.17) is 0 Å². The number of thiol groups is 1. The van der Waals surface area contributed by atoms with Gasteiger partial charge in [0.2, 0.25) is 5.16 Å². The summed E-state index contributed by atoms with van der Waals surface area (Å²) in [6.07, 6.45) is 0. The summed E-state index contributed by atoms with van der Waals surface area (Å²) in [6, 6.07) is 0. The molecule has 1 heterocycles. The Morgan fingerprint density at radius 3 is 2.64 bits per heavy atom. The summed E-state index contributed by atoms with van der Waals surface area (Å²) >= 11 is 6.03. The van der Waals surface area contributed by atoms with Crippen LogP contribution in [0.5, 0.6) is 0 Å². The van der Waals surface area contributed by atoms with Crippen LogP contribution in [0.3, 0.4) is 0 Å². The normalized spacial score (nSPS) is 13.5. The molecule has 1 rings (SSSR count). The van der Waals surface area contributed by atoms with Crippen molar-refractivity contribution in [3.8, 4) is 0 Å². The minimum atomic E-state index is 0.611. The van der Waals surface area contributed by atoms with Gasteiger partial charge in [0, 0.05) is 12.8 Å². The molecule has 1 aromatic heterocycles. The molecule has 1 aromatic rings. The van der Waals surface area contributed by atoms with Gasteiger partial charge < -0.3 is 0 Å². The van der Waals surface area contributed by atoms with Gasteiger partial charge in [-0.25, -0.2) is 4.68 Å². The first-order valence-corrected chi connectivity index (χ1v) is 6.23. The second-order valence-electron chi connectivity index (χ2n) is 3.58. The number of nitrogens with zero attached hydrogens (tertiary/aromatic N) is 4. The van der Waals surface area contributed by atoms with Crippen LogP contribution in [0.2, 0.25) is 0 Å². The fraction of sp³-hybridized carbons (Fsp3) is 0.875. The van der Waals surface area contributed by atoms with Crippen molar-refractivity contribution in [3.63, 3.8) is 0 Å². The van der Waals surface area contributed by atoms with Crippen LogP contribution in [-0.4, -0.2) is 31.7 Å². The van der Waals surface area contributed by atoms with E-state index in [9.17, 15) is 0 Å². The predicted octanol–water partition coefficient (Wildman–Crippen LogP) is 1.50. The summed E-state index contributed by atoms with van der Waals surface area (Å²) in [5, 5.41) is 12.2. The molecule has 0 aliphatic rings. The van der Waals surface area contributed by atoms with E-state index in [-0.39, 0.29) is 0 Å².